The summed E-state index contributed by atoms with van der Waals surface area (Å²) in [5.74, 6) is -2.17. The van der Waals surface area contributed by atoms with Crippen molar-refractivity contribution < 1.29 is 43.5 Å². The molecule has 65 heavy (non-hydrogen) atoms. The number of carbonyl (C=O) groups excluding carboxylic acids is 2. The van der Waals surface area contributed by atoms with Gasteiger partial charge in [-0.1, -0.05) is 51.1 Å². The zero-order chi connectivity index (χ0) is 47.2. The van der Waals surface area contributed by atoms with Crippen LogP contribution in [-0.4, -0.2) is 145 Å². The number of amides is 1. The minimum Gasteiger partial charge on any atom is -0.438 e. The first-order chi connectivity index (χ1) is 30.9. The average molecular weight is 907 g/mol. The largest absolute Gasteiger partial charge is 0.438 e. The third-order valence-electron chi connectivity index (χ3n) is 14.0. The molecule has 2 aromatic heterocycles. The van der Waals surface area contributed by atoms with Gasteiger partial charge in [0.05, 0.1) is 36.0 Å². The fraction of sp³-hybridized carbons (Fsp3) is 0.688. The van der Waals surface area contributed by atoms with Gasteiger partial charge in [0.2, 0.25) is 0 Å². The third-order valence-corrected chi connectivity index (χ3v) is 14.0. The lowest BCUT2D eigenvalue weighted by molar-refractivity contribution is -0.297. The Balaban J connectivity index is 1.21. The van der Waals surface area contributed by atoms with E-state index < -0.39 is 66.1 Å². The van der Waals surface area contributed by atoms with Gasteiger partial charge >= 0.3 is 6.09 Å². The maximum absolute atomic E-state index is 14.6. The molecule has 6 rings (SSSR count). The number of unbranched alkanes of at least 4 members (excludes halogenated alkanes) is 1. The highest BCUT2D eigenvalue weighted by Crippen LogP contribution is 2.41. The summed E-state index contributed by atoms with van der Waals surface area (Å²) < 4.78 is 34.0. The molecule has 3 aliphatic rings. The average Bonchev–Trinajstić information content (AvgIpc) is 3.86. The Morgan fingerprint density at radius 3 is 2.48 bits per heavy atom. The van der Waals surface area contributed by atoms with E-state index in [2.05, 4.69) is 32.4 Å². The first-order valence-corrected chi connectivity index (χ1v) is 23.4. The molecule has 3 aromatic rings. The Labute approximate surface area is 384 Å². The summed E-state index contributed by atoms with van der Waals surface area (Å²) in [6, 6.07) is 10.3. The number of aliphatic hydroxyl groups excluding tert-OH is 2. The number of ether oxygens (including phenoxy) is 5. The maximum Gasteiger partial charge on any atom is 0.410 e. The minimum absolute atomic E-state index is 0.0192. The molecule has 0 radical (unpaired) electrons. The number of rotatable bonds is 13. The predicted octanol–water partition coefficient (Wildman–Crippen LogP) is 5.04. The lowest BCUT2D eigenvalue weighted by Crippen LogP contribution is -2.61. The van der Waals surface area contributed by atoms with Crippen LogP contribution in [0.3, 0.4) is 0 Å². The molecule has 4 unspecified atom stereocenters. The highest BCUT2D eigenvalue weighted by Gasteiger charge is 2.58. The van der Waals surface area contributed by atoms with Crippen LogP contribution in [0.25, 0.3) is 11.3 Å². The highest BCUT2D eigenvalue weighted by molar-refractivity contribution is 5.84. The zero-order valence-electron chi connectivity index (χ0n) is 40.0. The molecular weight excluding hydrogens is 833 g/mol. The molecule has 3 saturated heterocycles. The summed E-state index contributed by atoms with van der Waals surface area (Å²) >= 11 is 0. The van der Waals surface area contributed by atoms with Crippen molar-refractivity contribution in [3.8, 4) is 11.3 Å². The van der Waals surface area contributed by atoms with E-state index in [1.165, 1.54) is 0 Å². The number of aromatic nitrogens is 4. The second-order valence-corrected chi connectivity index (χ2v) is 19.3. The number of nitrogen functional groups attached to an aromatic ring is 1. The van der Waals surface area contributed by atoms with Gasteiger partial charge in [-0.05, 0) is 103 Å². The number of nitrogens with one attached hydrogen (secondary N) is 1. The Morgan fingerprint density at radius 1 is 1.03 bits per heavy atom. The second kappa shape index (κ2) is 21.7. The number of nitrogens with zero attached hydrogens (tertiary/aromatic N) is 6. The van der Waals surface area contributed by atoms with Crippen LogP contribution < -0.4 is 11.1 Å². The third kappa shape index (κ3) is 11.6. The number of Topliss-reactive ketones (excluding diaryl/α,β-unsaturated/α-hetero) is 1. The molecule has 5 heterocycles. The fourth-order valence-corrected chi connectivity index (χ4v) is 10.4. The topological polar surface area (TPSA) is 209 Å². The molecule has 360 valence electrons. The van der Waals surface area contributed by atoms with Crippen molar-refractivity contribution in [2.75, 3.05) is 33.0 Å². The molecule has 0 bridgehead atoms. The number of fused-ring (bicyclic) bond motifs is 1. The summed E-state index contributed by atoms with van der Waals surface area (Å²) in [6.45, 7) is 17.3. The smallest absolute Gasteiger partial charge is 0.410 e. The number of aryl methyl sites for hydroxylation is 1. The second-order valence-electron chi connectivity index (χ2n) is 19.3. The van der Waals surface area contributed by atoms with E-state index in [0.29, 0.717) is 57.5 Å². The number of benzene rings is 1. The number of nitrogens with two attached hydrogens (primary N) is 1. The van der Waals surface area contributed by atoms with Gasteiger partial charge < -0.3 is 44.9 Å². The van der Waals surface area contributed by atoms with Gasteiger partial charge in [-0.2, -0.15) is 0 Å². The van der Waals surface area contributed by atoms with E-state index in [-0.39, 0.29) is 29.9 Å². The molecule has 1 amide bonds. The summed E-state index contributed by atoms with van der Waals surface area (Å²) in [6.07, 6.45) is 2.20. The molecule has 3 fully saturated rings. The quantitative estimate of drug-likeness (QED) is 0.131. The van der Waals surface area contributed by atoms with Crippen molar-refractivity contribution in [2.24, 2.45) is 17.8 Å². The molecule has 1 aromatic carbocycles. The van der Waals surface area contributed by atoms with Gasteiger partial charge in [0.1, 0.15) is 23.7 Å². The fourth-order valence-electron chi connectivity index (χ4n) is 10.4. The first-order valence-electron chi connectivity index (χ1n) is 23.4. The molecule has 14 atom stereocenters. The van der Waals surface area contributed by atoms with E-state index in [1.54, 1.807) is 36.7 Å². The van der Waals surface area contributed by atoms with E-state index in [0.717, 1.165) is 23.2 Å². The lowest BCUT2D eigenvalue weighted by atomic mass is 9.78. The van der Waals surface area contributed by atoms with Crippen LogP contribution >= 0.6 is 0 Å². The van der Waals surface area contributed by atoms with Gasteiger partial charge in [-0.3, -0.25) is 24.3 Å². The monoisotopic (exact) mass is 907 g/mol. The van der Waals surface area contributed by atoms with Gasteiger partial charge in [-0.25, -0.2) is 4.79 Å². The number of anilines is 1. The van der Waals surface area contributed by atoms with Crippen LogP contribution in [0.1, 0.15) is 93.1 Å². The van der Waals surface area contributed by atoms with Crippen molar-refractivity contribution >= 4 is 17.6 Å². The Hall–Kier alpha value is -4.07. The van der Waals surface area contributed by atoms with Crippen LogP contribution in [0.5, 0.6) is 0 Å². The van der Waals surface area contributed by atoms with Gasteiger partial charge in [0, 0.05) is 68.4 Å². The molecule has 0 saturated carbocycles. The lowest BCUT2D eigenvalue weighted by Gasteiger charge is -2.47. The zero-order valence-corrected chi connectivity index (χ0v) is 40.0. The molecule has 0 spiro atoms. The molecule has 17 heteroatoms. The SMILES string of the molecule is CC[C@H]1OC(O)[C@H](C)C(=O)[C@H](C)[C@@H](O[C@@H]2OC(C)CC(N(C)Cc3cccnc3)C2O)[C@](C)(OC)C[C@@H](C)CN[C@H](C)[C@H]2N(CCCCn3cc(-c4cccc(N)c4)nn3)C(=O)O[C@]12C. The molecule has 0 aliphatic carbocycles. The Kier molecular flexibility index (Phi) is 16.8. The number of methoxy groups -OCH3 is 1. The van der Waals surface area contributed by atoms with Crippen LogP contribution in [0.15, 0.2) is 55.0 Å². The van der Waals surface area contributed by atoms with E-state index in [4.69, 9.17) is 29.4 Å². The van der Waals surface area contributed by atoms with Gasteiger partial charge in [-0.15, -0.1) is 5.10 Å². The Bertz CT molecular complexity index is 2010. The van der Waals surface area contributed by atoms with Crippen molar-refractivity contribution in [3.63, 3.8) is 0 Å². The predicted molar refractivity (Wildman–Crippen MR) is 245 cm³/mol. The number of hydrogen-bond acceptors (Lipinski definition) is 15. The van der Waals surface area contributed by atoms with Crippen LogP contribution in [0.4, 0.5) is 10.5 Å². The normalized spacial score (nSPS) is 35.4. The molecule has 17 nitrogen and oxygen atoms in total. The standard InChI is InChI=1S/C48H74N8O9/c1-11-39-48(8)42(56(46(60)65-48)21-13-12-20-55-28-37(52-53-55)35-17-14-18-36(49)23-35)33(6)51-25-29(2)24-47(7,61-10)43(31(4)40(57)32(5)44(59)63-39)64-45-41(58)38(22-30(3)62-45)54(9)27-34-16-15-19-50-26-34/h14-19,23,26,28-33,38-39,41-45,51,58-59H,11-13,20-22,24-25,27,49H2,1-10H3/t29-,30?,31+,32-,33-,38?,39-,41?,42-,43-,44?,45+,47-,48-/m1/s1. The summed E-state index contributed by atoms with van der Waals surface area (Å²) in [5, 5.41) is 36.1. The molecule has 3 aliphatic heterocycles. The summed E-state index contributed by atoms with van der Waals surface area (Å²) in [5.41, 5.74) is 7.03. The summed E-state index contributed by atoms with van der Waals surface area (Å²) in [7, 11) is 3.57. The van der Waals surface area contributed by atoms with Crippen molar-refractivity contribution in [1.82, 2.24) is 35.1 Å². The van der Waals surface area contributed by atoms with E-state index >= 15 is 0 Å². The number of likely N-dealkylation sites (N-methyl/N-ethyl adjacent to an activating group) is 1. The van der Waals surface area contributed by atoms with E-state index in [1.807, 2.05) is 90.5 Å². The minimum atomic E-state index is -1.54. The van der Waals surface area contributed by atoms with E-state index in [9.17, 15) is 19.8 Å². The van der Waals surface area contributed by atoms with Crippen LogP contribution in [0, 0.1) is 17.8 Å². The highest BCUT2D eigenvalue weighted by atomic mass is 16.7. The van der Waals surface area contributed by atoms with Gasteiger partial charge in [0.15, 0.2) is 18.2 Å². The molecule has 5 N–H and O–H groups in total. The first kappa shape index (κ1) is 50.3. The van der Waals surface area contributed by atoms with Crippen molar-refractivity contribution in [2.45, 2.75) is 167 Å². The summed E-state index contributed by atoms with van der Waals surface area (Å²) in [4.78, 5) is 36.6. The van der Waals surface area contributed by atoms with Crippen LogP contribution in [-0.2, 0) is 41.6 Å². The van der Waals surface area contributed by atoms with Crippen molar-refractivity contribution in [1.29, 1.82) is 0 Å². The van der Waals surface area contributed by atoms with Crippen molar-refractivity contribution in [3.05, 3.63) is 60.6 Å². The Morgan fingerprint density at radius 2 is 1.78 bits per heavy atom. The number of carbonyl (C=O) groups is 2. The van der Waals surface area contributed by atoms with Crippen LogP contribution in [0.2, 0.25) is 0 Å². The van der Waals surface area contributed by atoms with Gasteiger partial charge in [0.25, 0.3) is 0 Å². The number of aliphatic hydroxyl groups is 2. The molecular formula is C48H74N8O9. The number of hydrogen-bond donors (Lipinski definition) is 4. The number of pyridine rings is 1. The number of ketones is 1. The maximum atomic E-state index is 14.6.